The molecule has 1 aromatic rings. The van der Waals surface area contributed by atoms with Crippen LogP contribution < -0.4 is 16.0 Å². The molecule has 23 heavy (non-hydrogen) atoms. The number of rotatable bonds is 8. The highest BCUT2D eigenvalue weighted by Gasteiger charge is 2.22. The van der Waals surface area contributed by atoms with Gasteiger partial charge in [-0.2, -0.15) is 0 Å². The fraction of sp³-hybridized carbons (Fsp3) is 0.529. The molecule has 0 spiro atoms. The van der Waals surface area contributed by atoms with Crippen LogP contribution in [0.4, 0.5) is 5.69 Å². The van der Waals surface area contributed by atoms with Crippen LogP contribution in [0.1, 0.15) is 30.1 Å². The third kappa shape index (κ3) is 5.65. The smallest absolute Gasteiger partial charge is 0.251 e. The molecule has 1 fully saturated rings. The highest BCUT2D eigenvalue weighted by molar-refractivity contribution is 5.97. The molecule has 1 heterocycles. The maximum Gasteiger partial charge on any atom is 0.251 e. The van der Waals surface area contributed by atoms with Crippen LogP contribution in [0.2, 0.25) is 0 Å². The summed E-state index contributed by atoms with van der Waals surface area (Å²) in [5.41, 5.74) is 1.20. The molecule has 1 unspecified atom stereocenters. The van der Waals surface area contributed by atoms with E-state index in [4.69, 9.17) is 4.74 Å². The molecule has 126 valence electrons. The van der Waals surface area contributed by atoms with Gasteiger partial charge in [0.15, 0.2) is 0 Å². The fourth-order valence-corrected chi connectivity index (χ4v) is 2.48. The lowest BCUT2D eigenvalue weighted by molar-refractivity contribution is -0.119. The van der Waals surface area contributed by atoms with Gasteiger partial charge in [0.2, 0.25) is 5.91 Å². The molecule has 2 amide bonds. The summed E-state index contributed by atoms with van der Waals surface area (Å²) in [7, 11) is 0. The van der Waals surface area contributed by atoms with Gasteiger partial charge in [0.05, 0.1) is 5.92 Å². The summed E-state index contributed by atoms with van der Waals surface area (Å²) in [6.45, 7) is 5.44. The van der Waals surface area contributed by atoms with Crippen LogP contribution >= 0.6 is 0 Å². The Kier molecular flexibility index (Phi) is 7.03. The molecule has 2 rings (SSSR count). The van der Waals surface area contributed by atoms with Crippen molar-refractivity contribution in [3.8, 4) is 0 Å². The van der Waals surface area contributed by atoms with E-state index in [2.05, 4.69) is 16.0 Å². The van der Waals surface area contributed by atoms with Gasteiger partial charge in [-0.05, 0) is 44.5 Å². The van der Waals surface area contributed by atoms with Crippen LogP contribution in [-0.4, -0.2) is 44.7 Å². The van der Waals surface area contributed by atoms with E-state index < -0.39 is 0 Å². The standard InChI is InChI=1S/C17H25N3O3/c1-2-23-10-4-8-19-16(21)13-5-3-6-15(11-13)20-17(22)14-7-9-18-12-14/h3,5-6,11,14,18H,2,4,7-10,12H2,1H3,(H,19,21)(H,20,22). The summed E-state index contributed by atoms with van der Waals surface area (Å²) in [4.78, 5) is 24.2. The minimum absolute atomic E-state index is 0.00396. The van der Waals surface area contributed by atoms with Crippen molar-refractivity contribution in [1.82, 2.24) is 10.6 Å². The SMILES string of the molecule is CCOCCCNC(=O)c1cccc(NC(=O)C2CCNC2)c1. The Balaban J connectivity index is 1.83. The van der Waals surface area contributed by atoms with Crippen LogP contribution in [0.3, 0.4) is 0 Å². The van der Waals surface area contributed by atoms with E-state index in [0.717, 1.165) is 19.4 Å². The molecule has 0 radical (unpaired) electrons. The molecule has 0 bridgehead atoms. The predicted octanol–water partition coefficient (Wildman–Crippen LogP) is 1.39. The lowest BCUT2D eigenvalue weighted by Crippen LogP contribution is -2.26. The van der Waals surface area contributed by atoms with Gasteiger partial charge in [0.25, 0.3) is 5.91 Å². The molecule has 0 saturated carbocycles. The van der Waals surface area contributed by atoms with Crippen molar-refractivity contribution in [1.29, 1.82) is 0 Å². The molecule has 0 aromatic heterocycles. The molecular weight excluding hydrogens is 294 g/mol. The first-order valence-electron chi connectivity index (χ1n) is 8.18. The minimum atomic E-state index is -0.139. The van der Waals surface area contributed by atoms with E-state index in [9.17, 15) is 9.59 Å². The monoisotopic (exact) mass is 319 g/mol. The summed E-state index contributed by atoms with van der Waals surface area (Å²) < 4.78 is 5.23. The third-order valence-corrected chi connectivity index (χ3v) is 3.78. The largest absolute Gasteiger partial charge is 0.382 e. The number of nitrogens with one attached hydrogen (secondary N) is 3. The Bertz CT molecular complexity index is 528. The first-order chi connectivity index (χ1) is 11.2. The van der Waals surface area contributed by atoms with E-state index in [0.29, 0.717) is 37.6 Å². The van der Waals surface area contributed by atoms with Gasteiger partial charge in [0, 0.05) is 37.6 Å². The van der Waals surface area contributed by atoms with Crippen molar-refractivity contribution in [2.75, 3.05) is 38.2 Å². The average Bonchev–Trinajstić information content (AvgIpc) is 3.09. The third-order valence-electron chi connectivity index (χ3n) is 3.78. The average molecular weight is 319 g/mol. The Morgan fingerprint density at radius 1 is 1.39 bits per heavy atom. The predicted molar refractivity (Wildman–Crippen MR) is 89.5 cm³/mol. The number of hydrogen-bond donors (Lipinski definition) is 3. The Morgan fingerprint density at radius 3 is 3.00 bits per heavy atom. The number of ether oxygens (including phenoxy) is 1. The second kappa shape index (κ2) is 9.27. The summed E-state index contributed by atoms with van der Waals surface area (Å²) in [6.07, 6.45) is 1.64. The first-order valence-corrected chi connectivity index (χ1v) is 8.18. The summed E-state index contributed by atoms with van der Waals surface area (Å²) in [5.74, 6) is -0.129. The molecule has 1 aliphatic rings. The van der Waals surface area contributed by atoms with Gasteiger partial charge >= 0.3 is 0 Å². The molecule has 1 aliphatic heterocycles. The molecule has 1 atom stereocenters. The summed E-state index contributed by atoms with van der Waals surface area (Å²) in [6, 6.07) is 7.02. The molecule has 1 aromatic carbocycles. The van der Waals surface area contributed by atoms with E-state index in [1.54, 1.807) is 24.3 Å². The van der Waals surface area contributed by atoms with Gasteiger partial charge < -0.3 is 20.7 Å². The number of benzene rings is 1. The number of anilines is 1. The molecule has 3 N–H and O–H groups in total. The van der Waals surface area contributed by atoms with Crippen molar-refractivity contribution < 1.29 is 14.3 Å². The molecule has 1 saturated heterocycles. The first kappa shape index (κ1) is 17.4. The maximum atomic E-state index is 12.1. The van der Waals surface area contributed by atoms with Crippen LogP contribution in [0.25, 0.3) is 0 Å². The van der Waals surface area contributed by atoms with Crippen molar-refractivity contribution in [3.63, 3.8) is 0 Å². The quantitative estimate of drug-likeness (QED) is 0.633. The van der Waals surface area contributed by atoms with E-state index in [1.165, 1.54) is 0 Å². The molecule has 0 aliphatic carbocycles. The van der Waals surface area contributed by atoms with Gasteiger partial charge in [-0.1, -0.05) is 6.07 Å². The summed E-state index contributed by atoms with van der Waals surface area (Å²) >= 11 is 0. The second-order valence-corrected chi connectivity index (χ2v) is 5.57. The van der Waals surface area contributed by atoms with Crippen molar-refractivity contribution in [3.05, 3.63) is 29.8 Å². The zero-order valence-corrected chi connectivity index (χ0v) is 13.6. The number of carbonyl (C=O) groups excluding carboxylic acids is 2. The zero-order valence-electron chi connectivity index (χ0n) is 13.6. The Morgan fingerprint density at radius 2 is 2.26 bits per heavy atom. The maximum absolute atomic E-state index is 12.1. The van der Waals surface area contributed by atoms with Gasteiger partial charge in [0.1, 0.15) is 0 Å². The van der Waals surface area contributed by atoms with Crippen LogP contribution in [0.5, 0.6) is 0 Å². The Hall–Kier alpha value is -1.92. The number of amides is 2. The van der Waals surface area contributed by atoms with E-state index in [-0.39, 0.29) is 17.7 Å². The van der Waals surface area contributed by atoms with Gasteiger partial charge in [-0.15, -0.1) is 0 Å². The normalized spacial score (nSPS) is 17.0. The zero-order chi connectivity index (χ0) is 16.5. The van der Waals surface area contributed by atoms with Crippen LogP contribution in [0.15, 0.2) is 24.3 Å². The van der Waals surface area contributed by atoms with Crippen molar-refractivity contribution in [2.45, 2.75) is 19.8 Å². The van der Waals surface area contributed by atoms with E-state index in [1.807, 2.05) is 6.92 Å². The molecular formula is C17H25N3O3. The van der Waals surface area contributed by atoms with Gasteiger partial charge in [-0.25, -0.2) is 0 Å². The van der Waals surface area contributed by atoms with Crippen LogP contribution in [-0.2, 0) is 9.53 Å². The topological polar surface area (TPSA) is 79.5 Å². The van der Waals surface area contributed by atoms with Gasteiger partial charge in [-0.3, -0.25) is 9.59 Å². The van der Waals surface area contributed by atoms with Crippen molar-refractivity contribution in [2.24, 2.45) is 5.92 Å². The number of carbonyl (C=O) groups is 2. The highest BCUT2D eigenvalue weighted by Crippen LogP contribution is 2.14. The highest BCUT2D eigenvalue weighted by atomic mass is 16.5. The lowest BCUT2D eigenvalue weighted by Gasteiger charge is -2.11. The van der Waals surface area contributed by atoms with Crippen molar-refractivity contribution >= 4 is 17.5 Å². The van der Waals surface area contributed by atoms with E-state index >= 15 is 0 Å². The molecule has 6 nitrogen and oxygen atoms in total. The van der Waals surface area contributed by atoms with Crippen LogP contribution in [0, 0.1) is 5.92 Å². The lowest BCUT2D eigenvalue weighted by atomic mass is 10.1. The fourth-order valence-electron chi connectivity index (χ4n) is 2.48. The second-order valence-electron chi connectivity index (χ2n) is 5.57. The number of hydrogen-bond acceptors (Lipinski definition) is 4. The Labute approximate surface area is 137 Å². The summed E-state index contributed by atoms with van der Waals surface area (Å²) in [5, 5.41) is 8.91. The molecule has 6 heteroatoms. The minimum Gasteiger partial charge on any atom is -0.382 e.